The van der Waals surface area contributed by atoms with Gasteiger partial charge in [0.1, 0.15) is 54.4 Å². The van der Waals surface area contributed by atoms with Gasteiger partial charge in [-0.3, -0.25) is 62.3 Å². The molecule has 0 fully saturated rings. The van der Waals surface area contributed by atoms with Crippen LogP contribution in [-0.4, -0.2) is 188 Å². The minimum Gasteiger partial charge on any atom is -0.481 e. The number of aliphatic hydroxyl groups is 2. The lowest BCUT2D eigenvalue weighted by Gasteiger charge is -2.28. The second kappa shape index (κ2) is 35.7. The molecule has 32 heteroatoms. The van der Waals surface area contributed by atoms with E-state index in [1.807, 2.05) is 0 Å². The first-order chi connectivity index (χ1) is 40.2. The summed E-state index contributed by atoms with van der Waals surface area (Å²) >= 11 is 8.06. The van der Waals surface area contributed by atoms with Crippen molar-refractivity contribution < 1.29 is 77.6 Å². The smallest absolute Gasteiger partial charge is 0.303 e. The maximum atomic E-state index is 14.3. The average Bonchev–Trinajstić information content (AvgIpc) is 4.15. The normalized spacial score (nSPS) is 14.9. The molecule has 2 aromatic carbocycles. The number of aromatic nitrogens is 1. The van der Waals surface area contributed by atoms with E-state index in [2.05, 4.69) is 83.4 Å². The largest absolute Gasteiger partial charge is 0.481 e. The number of para-hydroxylation sites is 1. The summed E-state index contributed by atoms with van der Waals surface area (Å²) in [6, 6.07) is 1.05. The lowest BCUT2D eigenvalue weighted by molar-refractivity contribution is -0.138. The van der Waals surface area contributed by atoms with Crippen LogP contribution in [-0.2, 0) is 75.2 Å². The van der Waals surface area contributed by atoms with E-state index in [9.17, 15) is 77.6 Å². The monoisotopic (exact) mass is 1230 g/mol. The minimum absolute atomic E-state index is 0.131. The standard InChI is InChI=1S/C53H76N14O16S2/c1-26(68)43(67-51(81)39(25-85)59-28(3)70)52(82)64-35(19-29-11-5-4-6-12-29)48(78)62-34(16-17-42(73)74)46(76)58-23-41(72)60-37(21-40(55)71)49(79)61-33(15-9-10-18-54)47(77)63-36(20-30-22-57-32-14-8-7-13-31(30)32)50(80)66-44(27(2)69)53(83)65-38(24-84)45(56)75/h4-8,11-14,22,26-27,33-39,43-44,57,68-69,84-85H,9-10,15-21,23-25,54H2,1-3H3,(H2,55,71)(H2,56,75)(H,58,76)(H,59,70)(H,60,72)(H,61,79)(H,62,78)(H,63,77)(H,64,82)(H,65,83)(H,66,80)(H,67,81)(H,73,74)/t26-,27-,33+,34+,35+,36+,37+,38+,39+,43+,44+/m1/s1. The van der Waals surface area contributed by atoms with Gasteiger partial charge in [0.25, 0.3) is 0 Å². The predicted molar refractivity (Wildman–Crippen MR) is 312 cm³/mol. The molecule has 11 atom stereocenters. The third kappa shape index (κ3) is 24.1. The van der Waals surface area contributed by atoms with Gasteiger partial charge in [0.05, 0.1) is 25.2 Å². The molecule has 30 nitrogen and oxygen atoms in total. The molecule has 3 aromatic rings. The van der Waals surface area contributed by atoms with Crippen molar-refractivity contribution in [2.45, 2.75) is 139 Å². The van der Waals surface area contributed by atoms with Crippen molar-refractivity contribution in [3.8, 4) is 0 Å². The highest BCUT2D eigenvalue weighted by atomic mass is 32.1. The fourth-order valence-electron chi connectivity index (χ4n) is 8.34. The summed E-state index contributed by atoms with van der Waals surface area (Å²) < 4.78 is 0. The molecule has 0 radical (unpaired) electrons. The Bertz CT molecular complexity index is 2840. The average molecular weight is 1230 g/mol. The van der Waals surface area contributed by atoms with E-state index in [0.29, 0.717) is 28.5 Å². The Morgan fingerprint density at radius 3 is 1.59 bits per heavy atom. The molecule has 0 bridgehead atoms. The van der Waals surface area contributed by atoms with Crippen molar-refractivity contribution in [3.05, 3.63) is 71.9 Å². The van der Waals surface area contributed by atoms with E-state index in [4.69, 9.17) is 17.2 Å². The summed E-state index contributed by atoms with van der Waals surface area (Å²) in [5.74, 6) is -13.9. The SMILES string of the molecule is CC(=O)N[C@@H](CS)C(=O)N[C@H](C(=O)N[C@@H](Cc1ccccc1)C(=O)N[C@@H](CCC(=O)O)C(=O)NCC(=O)N[C@@H](CC(N)=O)C(=O)N[C@@H](CCCCN)C(=O)N[C@@H](Cc1c[nH]c2ccccc12)C(=O)N[C@H](C(=O)N[C@@H](CS)C(N)=O)[C@@H](C)O)[C@@H](C)O. The van der Waals surface area contributed by atoms with Gasteiger partial charge in [-0.15, -0.1) is 0 Å². The third-order valence-electron chi connectivity index (χ3n) is 12.8. The van der Waals surface area contributed by atoms with Crippen molar-refractivity contribution in [1.29, 1.82) is 0 Å². The molecular weight excluding hydrogens is 1150 g/mol. The van der Waals surface area contributed by atoms with Crippen LogP contribution in [0.1, 0.15) is 70.4 Å². The van der Waals surface area contributed by atoms with Gasteiger partial charge in [0, 0.05) is 54.8 Å². The molecule has 85 heavy (non-hydrogen) atoms. The fourth-order valence-corrected chi connectivity index (χ4v) is 8.87. The summed E-state index contributed by atoms with van der Waals surface area (Å²) in [5.41, 5.74) is 18.2. The molecular formula is C53H76N14O16S2. The summed E-state index contributed by atoms with van der Waals surface area (Å²) in [5, 5.41) is 55.1. The first-order valence-corrected chi connectivity index (χ1v) is 28.1. The number of aliphatic hydroxyl groups excluding tert-OH is 2. The molecule has 12 amide bonds. The number of H-pyrrole nitrogens is 1. The van der Waals surface area contributed by atoms with Crippen molar-refractivity contribution in [1.82, 2.24) is 58.2 Å². The molecule has 0 aliphatic heterocycles. The molecule has 0 aliphatic carbocycles. The van der Waals surface area contributed by atoms with Crippen LogP contribution in [0.15, 0.2) is 60.8 Å². The number of aliphatic carboxylic acids is 1. The predicted octanol–water partition coefficient (Wildman–Crippen LogP) is -5.57. The van der Waals surface area contributed by atoms with Crippen LogP contribution < -0.4 is 70.4 Å². The molecule has 0 saturated carbocycles. The number of rotatable bonds is 37. The Kier molecular flexibility index (Phi) is 29.8. The fraction of sp³-hybridized carbons (Fsp3) is 0.491. The molecule has 0 unspecified atom stereocenters. The highest BCUT2D eigenvalue weighted by Gasteiger charge is 2.37. The van der Waals surface area contributed by atoms with Crippen LogP contribution in [0, 0.1) is 0 Å². The van der Waals surface area contributed by atoms with E-state index in [1.54, 1.807) is 60.8 Å². The van der Waals surface area contributed by atoms with Crippen molar-refractivity contribution in [2.75, 3.05) is 24.6 Å². The second-order valence-corrected chi connectivity index (χ2v) is 20.5. The number of hydrogen-bond acceptors (Lipinski definition) is 18. The molecule has 20 N–H and O–H groups in total. The number of aromatic amines is 1. The number of carbonyl (C=O) groups is 13. The molecule has 1 aromatic heterocycles. The second-order valence-electron chi connectivity index (χ2n) is 19.8. The van der Waals surface area contributed by atoms with Crippen LogP contribution >= 0.6 is 25.3 Å². The van der Waals surface area contributed by atoms with Crippen LogP contribution in [0.5, 0.6) is 0 Å². The zero-order chi connectivity index (χ0) is 63.5. The number of primary amides is 2. The highest BCUT2D eigenvalue weighted by Crippen LogP contribution is 2.20. The van der Waals surface area contributed by atoms with Crippen molar-refractivity contribution in [2.24, 2.45) is 17.2 Å². The molecule has 3 rings (SSSR count). The molecule has 0 aliphatic rings. The van der Waals surface area contributed by atoms with Crippen LogP contribution in [0.4, 0.5) is 0 Å². The summed E-state index contributed by atoms with van der Waals surface area (Å²) in [6.45, 7) is 2.69. The quantitative estimate of drug-likeness (QED) is 0.0189. The van der Waals surface area contributed by atoms with Crippen LogP contribution in [0.25, 0.3) is 10.9 Å². The Hall–Kier alpha value is -8.33. The van der Waals surface area contributed by atoms with Gasteiger partial charge in [-0.05, 0) is 63.3 Å². The number of amides is 12. The first-order valence-electron chi connectivity index (χ1n) is 26.8. The lowest BCUT2D eigenvalue weighted by Crippen LogP contribution is -2.61. The van der Waals surface area contributed by atoms with Gasteiger partial charge in [0.2, 0.25) is 70.9 Å². The van der Waals surface area contributed by atoms with Gasteiger partial charge < -0.3 is 90.7 Å². The maximum absolute atomic E-state index is 14.3. The zero-order valence-electron chi connectivity index (χ0n) is 46.9. The molecule has 1 heterocycles. The van der Waals surface area contributed by atoms with Gasteiger partial charge in [-0.1, -0.05) is 48.5 Å². The van der Waals surface area contributed by atoms with Crippen molar-refractivity contribution >= 4 is 113 Å². The van der Waals surface area contributed by atoms with E-state index in [0.717, 1.165) is 6.92 Å². The lowest BCUT2D eigenvalue weighted by atomic mass is 10.0. The molecule has 466 valence electrons. The maximum Gasteiger partial charge on any atom is 0.303 e. The Morgan fingerprint density at radius 1 is 0.553 bits per heavy atom. The number of carboxylic acid groups (broad SMARTS) is 1. The summed E-state index contributed by atoms with van der Waals surface area (Å²) in [6.07, 6.45) is -3.75. The number of unbranched alkanes of at least 4 members (excludes halogenated alkanes) is 1. The zero-order valence-corrected chi connectivity index (χ0v) is 48.7. The Labute approximate surface area is 499 Å². The van der Waals surface area contributed by atoms with E-state index < -0.39 is 169 Å². The number of fused-ring (bicyclic) bond motifs is 1. The minimum atomic E-state index is -1.82. The van der Waals surface area contributed by atoms with Crippen LogP contribution in [0.2, 0.25) is 0 Å². The van der Waals surface area contributed by atoms with Gasteiger partial charge >= 0.3 is 5.97 Å². The topological polar surface area (TPSA) is 497 Å². The highest BCUT2D eigenvalue weighted by molar-refractivity contribution is 7.80. The van der Waals surface area contributed by atoms with E-state index in [-0.39, 0.29) is 43.7 Å². The number of hydrogen-bond donors (Lipinski definition) is 19. The molecule has 0 saturated heterocycles. The number of benzene rings is 2. The van der Waals surface area contributed by atoms with Crippen molar-refractivity contribution in [3.63, 3.8) is 0 Å². The summed E-state index contributed by atoms with van der Waals surface area (Å²) in [4.78, 5) is 175. The van der Waals surface area contributed by atoms with E-state index in [1.165, 1.54) is 13.8 Å². The number of nitrogens with two attached hydrogens (primary N) is 3. The molecule has 0 spiro atoms. The number of thiol groups is 2. The Balaban J connectivity index is 1.87. The van der Waals surface area contributed by atoms with Gasteiger partial charge in [-0.2, -0.15) is 25.3 Å². The van der Waals surface area contributed by atoms with Gasteiger partial charge in [-0.25, -0.2) is 0 Å². The third-order valence-corrected chi connectivity index (χ3v) is 13.6. The summed E-state index contributed by atoms with van der Waals surface area (Å²) in [7, 11) is 0. The number of carbonyl (C=O) groups excluding carboxylic acids is 12. The van der Waals surface area contributed by atoms with Crippen LogP contribution in [0.3, 0.4) is 0 Å². The number of nitrogens with one attached hydrogen (secondary N) is 11. The first kappa shape index (κ1) is 70.9. The Morgan fingerprint density at radius 2 is 1.05 bits per heavy atom. The van der Waals surface area contributed by atoms with Gasteiger partial charge in [0.15, 0.2) is 0 Å². The van der Waals surface area contributed by atoms with E-state index >= 15 is 0 Å². The number of carboxylic acids is 1.